The summed E-state index contributed by atoms with van der Waals surface area (Å²) in [5.41, 5.74) is 2.32. The summed E-state index contributed by atoms with van der Waals surface area (Å²) in [7, 11) is 1.68. The summed E-state index contributed by atoms with van der Waals surface area (Å²) in [4.78, 5) is 16.9. The zero-order chi connectivity index (χ0) is 19.7. The predicted octanol–water partition coefficient (Wildman–Crippen LogP) is 3.81. The number of nitrogens with zero attached hydrogens (tertiary/aromatic N) is 2. The van der Waals surface area contributed by atoms with E-state index in [1.54, 1.807) is 14.0 Å². The van der Waals surface area contributed by atoms with Crippen molar-refractivity contribution in [3.63, 3.8) is 0 Å². The second-order valence-corrected chi connectivity index (χ2v) is 7.85. The number of hydrogen-bond acceptors (Lipinski definition) is 3. The molecule has 4 rings (SSSR count). The molecular formula is C23H27FN2O2. The summed E-state index contributed by atoms with van der Waals surface area (Å²) >= 11 is 0. The van der Waals surface area contributed by atoms with Gasteiger partial charge in [0.25, 0.3) is 0 Å². The van der Waals surface area contributed by atoms with Crippen molar-refractivity contribution in [1.82, 2.24) is 9.80 Å². The molecule has 0 bridgehead atoms. The third-order valence-corrected chi connectivity index (χ3v) is 6.19. The monoisotopic (exact) mass is 382 g/mol. The van der Waals surface area contributed by atoms with E-state index in [4.69, 9.17) is 4.74 Å². The van der Waals surface area contributed by atoms with E-state index in [0.717, 1.165) is 43.8 Å². The van der Waals surface area contributed by atoms with Crippen molar-refractivity contribution in [2.75, 3.05) is 20.2 Å². The van der Waals surface area contributed by atoms with E-state index in [1.165, 1.54) is 17.7 Å². The molecule has 148 valence electrons. The van der Waals surface area contributed by atoms with Gasteiger partial charge in [0, 0.05) is 38.5 Å². The van der Waals surface area contributed by atoms with E-state index in [2.05, 4.69) is 17.0 Å². The maximum Gasteiger partial charge on any atom is 0.219 e. The molecule has 28 heavy (non-hydrogen) atoms. The molecular weight excluding hydrogens is 355 g/mol. The van der Waals surface area contributed by atoms with Crippen molar-refractivity contribution in [2.24, 2.45) is 0 Å². The standard InChI is InChI=1S/C23H27FN2O2/c1-16(27)26-12-4-7-22-23(26)21(18-8-10-19(24)11-9-18)15-25(22)14-17-5-3-6-20(13-17)28-2/h3,5-6,8-11,13,21-23H,4,7,12,14-15H2,1-2H3/t21-,22-,23-/m1/s1. The highest BCUT2D eigenvalue weighted by atomic mass is 19.1. The normalized spacial score (nSPS) is 24.8. The molecule has 2 aliphatic rings. The Morgan fingerprint density at radius 1 is 1.21 bits per heavy atom. The van der Waals surface area contributed by atoms with Crippen LogP contribution in [0.5, 0.6) is 5.75 Å². The quantitative estimate of drug-likeness (QED) is 0.806. The molecule has 2 saturated heterocycles. The van der Waals surface area contributed by atoms with Crippen molar-refractivity contribution in [3.8, 4) is 5.75 Å². The zero-order valence-electron chi connectivity index (χ0n) is 16.5. The van der Waals surface area contributed by atoms with Crippen LogP contribution in [0.15, 0.2) is 48.5 Å². The average Bonchev–Trinajstić information content (AvgIpc) is 3.07. The summed E-state index contributed by atoms with van der Waals surface area (Å²) in [6.45, 7) is 4.15. The number of ether oxygens (including phenoxy) is 1. The lowest BCUT2D eigenvalue weighted by atomic mass is 9.86. The first kappa shape index (κ1) is 18.9. The van der Waals surface area contributed by atoms with E-state index < -0.39 is 0 Å². The van der Waals surface area contributed by atoms with Crippen LogP contribution in [0.2, 0.25) is 0 Å². The van der Waals surface area contributed by atoms with Crippen molar-refractivity contribution in [3.05, 3.63) is 65.5 Å². The SMILES string of the molecule is COc1cccc(CN2C[C@H](c3ccc(F)cc3)[C@@H]3[C@H]2CCCN3C(C)=O)c1. The molecule has 0 aromatic heterocycles. The average molecular weight is 382 g/mol. The van der Waals surface area contributed by atoms with Gasteiger partial charge in [0.1, 0.15) is 11.6 Å². The molecule has 1 amide bonds. The molecule has 2 fully saturated rings. The minimum atomic E-state index is -0.224. The smallest absolute Gasteiger partial charge is 0.219 e. The van der Waals surface area contributed by atoms with Gasteiger partial charge in [0.15, 0.2) is 0 Å². The number of hydrogen-bond donors (Lipinski definition) is 0. The summed E-state index contributed by atoms with van der Waals surface area (Å²) in [6.07, 6.45) is 2.10. The van der Waals surface area contributed by atoms with Crippen LogP contribution < -0.4 is 4.74 Å². The summed E-state index contributed by atoms with van der Waals surface area (Å²) in [5.74, 6) is 0.960. The van der Waals surface area contributed by atoms with E-state index in [1.807, 2.05) is 29.2 Å². The minimum Gasteiger partial charge on any atom is -0.497 e. The molecule has 0 saturated carbocycles. The highest BCUT2D eigenvalue weighted by Gasteiger charge is 2.47. The third kappa shape index (κ3) is 3.63. The van der Waals surface area contributed by atoms with Crippen LogP contribution in [0.4, 0.5) is 4.39 Å². The number of benzene rings is 2. The fourth-order valence-electron chi connectivity index (χ4n) is 4.95. The Kier molecular flexibility index (Phi) is 5.36. The Morgan fingerprint density at radius 3 is 2.71 bits per heavy atom. The summed E-state index contributed by atoms with van der Waals surface area (Å²) < 4.78 is 18.8. The zero-order valence-corrected chi connectivity index (χ0v) is 16.5. The van der Waals surface area contributed by atoms with Crippen molar-refractivity contribution in [1.29, 1.82) is 0 Å². The van der Waals surface area contributed by atoms with E-state index in [0.29, 0.717) is 6.04 Å². The highest BCUT2D eigenvalue weighted by Crippen LogP contribution is 2.41. The van der Waals surface area contributed by atoms with Crippen molar-refractivity contribution < 1.29 is 13.9 Å². The number of amides is 1. The molecule has 0 radical (unpaired) electrons. The molecule has 5 heteroatoms. The maximum atomic E-state index is 13.5. The van der Waals surface area contributed by atoms with Gasteiger partial charge in [-0.25, -0.2) is 4.39 Å². The first-order chi connectivity index (χ1) is 13.6. The molecule has 0 unspecified atom stereocenters. The van der Waals surface area contributed by atoms with Crippen LogP contribution in [0.3, 0.4) is 0 Å². The van der Waals surface area contributed by atoms with E-state index in [-0.39, 0.29) is 23.7 Å². The Morgan fingerprint density at radius 2 is 2.00 bits per heavy atom. The molecule has 2 aliphatic heterocycles. The predicted molar refractivity (Wildman–Crippen MR) is 107 cm³/mol. The molecule has 2 aromatic carbocycles. The van der Waals surface area contributed by atoms with Crippen molar-refractivity contribution in [2.45, 2.75) is 44.3 Å². The molecule has 0 N–H and O–H groups in total. The van der Waals surface area contributed by atoms with Gasteiger partial charge in [-0.05, 0) is 48.2 Å². The molecule has 3 atom stereocenters. The summed E-state index contributed by atoms with van der Waals surface area (Å²) in [5, 5.41) is 0. The van der Waals surface area contributed by atoms with Crippen LogP contribution in [0.1, 0.15) is 36.8 Å². The van der Waals surface area contributed by atoms with Gasteiger partial charge in [-0.2, -0.15) is 0 Å². The topological polar surface area (TPSA) is 32.8 Å². The summed E-state index contributed by atoms with van der Waals surface area (Å²) in [6, 6.07) is 15.4. The molecule has 4 nitrogen and oxygen atoms in total. The first-order valence-electron chi connectivity index (χ1n) is 9.96. The second kappa shape index (κ2) is 7.92. The highest BCUT2D eigenvalue weighted by molar-refractivity contribution is 5.74. The van der Waals surface area contributed by atoms with Gasteiger partial charge in [0.05, 0.1) is 13.2 Å². The van der Waals surface area contributed by atoms with Gasteiger partial charge >= 0.3 is 0 Å². The minimum absolute atomic E-state index is 0.130. The number of halogens is 1. The van der Waals surface area contributed by atoms with E-state index in [9.17, 15) is 9.18 Å². The Hall–Kier alpha value is -2.40. The van der Waals surface area contributed by atoms with E-state index >= 15 is 0 Å². The Labute approximate surface area is 165 Å². The van der Waals surface area contributed by atoms with Crippen LogP contribution >= 0.6 is 0 Å². The molecule has 0 spiro atoms. The number of likely N-dealkylation sites (tertiary alicyclic amines) is 2. The fourth-order valence-corrected chi connectivity index (χ4v) is 4.95. The van der Waals surface area contributed by atoms with Crippen LogP contribution in [-0.4, -0.2) is 48.0 Å². The molecule has 2 aromatic rings. The number of methoxy groups -OCH3 is 1. The Balaban J connectivity index is 1.64. The lowest BCUT2D eigenvalue weighted by Crippen LogP contribution is -2.52. The number of rotatable bonds is 4. The number of fused-ring (bicyclic) bond motifs is 1. The van der Waals surface area contributed by atoms with Crippen molar-refractivity contribution >= 4 is 5.91 Å². The number of carbonyl (C=O) groups excluding carboxylic acids is 1. The Bertz CT molecular complexity index is 839. The van der Waals surface area contributed by atoms with Crippen LogP contribution in [0, 0.1) is 5.82 Å². The second-order valence-electron chi connectivity index (χ2n) is 7.85. The lowest BCUT2D eigenvalue weighted by Gasteiger charge is -2.41. The van der Waals surface area contributed by atoms with Gasteiger partial charge in [-0.1, -0.05) is 24.3 Å². The first-order valence-corrected chi connectivity index (χ1v) is 9.96. The van der Waals surface area contributed by atoms with Gasteiger partial charge in [-0.15, -0.1) is 0 Å². The lowest BCUT2D eigenvalue weighted by molar-refractivity contribution is -0.133. The van der Waals surface area contributed by atoms with Gasteiger partial charge < -0.3 is 9.64 Å². The number of piperidine rings is 1. The molecule has 2 heterocycles. The largest absolute Gasteiger partial charge is 0.497 e. The number of carbonyl (C=O) groups is 1. The van der Waals surface area contributed by atoms with Crippen LogP contribution in [-0.2, 0) is 11.3 Å². The maximum absolute atomic E-state index is 13.5. The third-order valence-electron chi connectivity index (χ3n) is 6.19. The molecule has 0 aliphatic carbocycles. The van der Waals surface area contributed by atoms with Crippen LogP contribution in [0.25, 0.3) is 0 Å². The fraction of sp³-hybridized carbons (Fsp3) is 0.435. The van der Waals surface area contributed by atoms with Gasteiger partial charge in [-0.3, -0.25) is 9.69 Å². The van der Waals surface area contributed by atoms with Gasteiger partial charge in [0.2, 0.25) is 5.91 Å².